The molecule has 1 saturated heterocycles. The van der Waals surface area contributed by atoms with E-state index in [2.05, 4.69) is 35.0 Å². The van der Waals surface area contributed by atoms with Gasteiger partial charge in [0, 0.05) is 0 Å². The molecule has 1 rings (SSSR count). The van der Waals surface area contributed by atoms with Gasteiger partial charge in [-0.15, -0.1) is 0 Å². The lowest BCUT2D eigenvalue weighted by molar-refractivity contribution is -0.874. The fourth-order valence-electron chi connectivity index (χ4n) is 1.55. The Bertz CT molecular complexity index is 170. The van der Waals surface area contributed by atoms with Crippen LogP contribution in [0, 0.1) is 0 Å². The van der Waals surface area contributed by atoms with Crippen molar-refractivity contribution in [2.24, 2.45) is 0 Å². The summed E-state index contributed by atoms with van der Waals surface area (Å²) in [5, 5.41) is 0. The summed E-state index contributed by atoms with van der Waals surface area (Å²) < 4.78 is 12.4. The molecule has 0 aromatic heterocycles. The summed E-state index contributed by atoms with van der Waals surface area (Å²) in [6.07, 6.45) is 0.722. The first-order valence-electron chi connectivity index (χ1n) is 4.96. The Morgan fingerprint density at radius 1 is 1.14 bits per heavy atom. The third kappa shape index (κ3) is 4.91. The zero-order valence-electron chi connectivity index (χ0n) is 9.79. The van der Waals surface area contributed by atoms with Gasteiger partial charge in [-0.25, -0.2) is 0 Å². The van der Waals surface area contributed by atoms with Gasteiger partial charge in [0.15, 0.2) is 0 Å². The van der Waals surface area contributed by atoms with Gasteiger partial charge in [0.1, 0.15) is 12.6 Å². The Balaban J connectivity index is 0.00000169. The molecule has 86 valence electrons. The summed E-state index contributed by atoms with van der Waals surface area (Å²) in [5.74, 6) is 0. The van der Waals surface area contributed by atoms with E-state index in [0.717, 1.165) is 17.6 Å². The number of halogens is 1. The molecule has 4 heteroatoms. The van der Waals surface area contributed by atoms with Gasteiger partial charge in [0.2, 0.25) is 0 Å². The van der Waals surface area contributed by atoms with Crippen LogP contribution in [0.1, 0.15) is 13.8 Å². The number of ether oxygens (including phenoxy) is 2. The average Bonchev–Trinajstić information content (AvgIpc) is 1.94. The highest BCUT2D eigenvalue weighted by Crippen LogP contribution is 2.15. The first-order valence-corrected chi connectivity index (χ1v) is 4.96. The second-order valence-electron chi connectivity index (χ2n) is 4.97. The Kier molecular flexibility index (Phi) is 5.87. The number of nitrogens with zero attached hydrogens (tertiary/aromatic N) is 1. The molecule has 0 spiro atoms. The van der Waals surface area contributed by atoms with Crippen LogP contribution >= 0.6 is 0 Å². The van der Waals surface area contributed by atoms with E-state index in [4.69, 9.17) is 9.47 Å². The molecule has 0 aromatic carbocycles. The quantitative estimate of drug-likeness (QED) is 0.429. The summed E-state index contributed by atoms with van der Waals surface area (Å²) >= 11 is 0. The normalized spacial score (nSPS) is 33.6. The lowest BCUT2D eigenvalue weighted by Gasteiger charge is -2.36. The van der Waals surface area contributed by atoms with Crippen molar-refractivity contribution in [2.75, 3.05) is 34.3 Å². The molecule has 1 aliphatic rings. The smallest absolute Gasteiger partial charge is 0.130 e. The summed E-state index contributed by atoms with van der Waals surface area (Å²) in [5.41, 5.74) is 0. The van der Waals surface area contributed by atoms with Gasteiger partial charge in [-0.3, -0.25) is 0 Å². The van der Waals surface area contributed by atoms with Crippen LogP contribution in [0.3, 0.4) is 0 Å². The SMILES string of the molecule is C[C@@H]1OC[C@@H](C[N+](C)(C)C)O[C@H]1C.[I-]. The van der Waals surface area contributed by atoms with Gasteiger partial charge in [-0.05, 0) is 13.8 Å². The van der Waals surface area contributed by atoms with Crippen molar-refractivity contribution in [3.63, 3.8) is 0 Å². The number of rotatable bonds is 2. The average molecular weight is 315 g/mol. The van der Waals surface area contributed by atoms with Gasteiger partial charge in [-0.1, -0.05) is 0 Å². The maximum Gasteiger partial charge on any atom is 0.130 e. The topological polar surface area (TPSA) is 18.5 Å². The van der Waals surface area contributed by atoms with E-state index in [-0.39, 0.29) is 42.3 Å². The van der Waals surface area contributed by atoms with Crippen LogP contribution in [0.25, 0.3) is 0 Å². The molecule has 0 aromatic rings. The lowest BCUT2D eigenvalue weighted by atomic mass is 10.2. The zero-order chi connectivity index (χ0) is 10.1. The highest BCUT2D eigenvalue weighted by atomic mass is 127. The fourth-order valence-corrected chi connectivity index (χ4v) is 1.55. The predicted octanol–water partition coefficient (Wildman–Crippen LogP) is -2.11. The zero-order valence-corrected chi connectivity index (χ0v) is 11.9. The summed E-state index contributed by atoms with van der Waals surface area (Å²) in [6, 6.07) is 0. The van der Waals surface area contributed by atoms with Crippen LogP contribution in [-0.4, -0.2) is 57.1 Å². The van der Waals surface area contributed by atoms with E-state index in [1.54, 1.807) is 0 Å². The molecule has 0 aliphatic carbocycles. The Labute approximate surface area is 104 Å². The molecule has 0 unspecified atom stereocenters. The first-order chi connectivity index (χ1) is 5.88. The third-order valence-corrected chi connectivity index (χ3v) is 2.36. The maximum absolute atomic E-state index is 5.83. The molecule has 3 atom stereocenters. The number of hydrogen-bond donors (Lipinski definition) is 0. The van der Waals surface area contributed by atoms with Crippen LogP contribution < -0.4 is 24.0 Å². The molecular weight excluding hydrogens is 293 g/mol. The van der Waals surface area contributed by atoms with Crippen LogP contribution in [0.5, 0.6) is 0 Å². The van der Waals surface area contributed by atoms with Crippen molar-refractivity contribution in [2.45, 2.75) is 32.2 Å². The van der Waals surface area contributed by atoms with E-state index in [1.165, 1.54) is 0 Å². The highest BCUT2D eigenvalue weighted by molar-refractivity contribution is 4.70. The van der Waals surface area contributed by atoms with Crippen LogP contribution in [-0.2, 0) is 9.47 Å². The number of hydrogen-bond acceptors (Lipinski definition) is 2. The second-order valence-corrected chi connectivity index (χ2v) is 4.97. The van der Waals surface area contributed by atoms with Crippen LogP contribution in [0.4, 0.5) is 0 Å². The van der Waals surface area contributed by atoms with Gasteiger partial charge in [-0.2, -0.15) is 0 Å². The molecule has 1 fully saturated rings. The summed E-state index contributed by atoms with van der Waals surface area (Å²) in [4.78, 5) is 0. The maximum atomic E-state index is 5.83. The molecule has 1 heterocycles. The third-order valence-electron chi connectivity index (χ3n) is 2.36. The van der Waals surface area contributed by atoms with Crippen molar-refractivity contribution in [1.82, 2.24) is 0 Å². The van der Waals surface area contributed by atoms with E-state index in [0.29, 0.717) is 0 Å². The van der Waals surface area contributed by atoms with Crippen molar-refractivity contribution in [1.29, 1.82) is 0 Å². The van der Waals surface area contributed by atoms with Gasteiger partial charge < -0.3 is 37.9 Å². The van der Waals surface area contributed by atoms with Crippen LogP contribution in [0.2, 0.25) is 0 Å². The van der Waals surface area contributed by atoms with Crippen LogP contribution in [0.15, 0.2) is 0 Å². The Morgan fingerprint density at radius 2 is 1.71 bits per heavy atom. The van der Waals surface area contributed by atoms with Gasteiger partial charge in [0.25, 0.3) is 0 Å². The summed E-state index contributed by atoms with van der Waals surface area (Å²) in [6.45, 7) is 5.89. The van der Waals surface area contributed by atoms with E-state index in [9.17, 15) is 0 Å². The largest absolute Gasteiger partial charge is 1.00 e. The van der Waals surface area contributed by atoms with Crippen molar-refractivity contribution >= 4 is 0 Å². The number of likely N-dealkylation sites (N-methyl/N-ethyl adjacent to an activating group) is 1. The fraction of sp³-hybridized carbons (Fsp3) is 1.00. The first kappa shape index (κ1) is 14.6. The lowest BCUT2D eigenvalue weighted by Crippen LogP contribution is -3.00. The minimum absolute atomic E-state index is 0. The molecule has 3 nitrogen and oxygen atoms in total. The van der Waals surface area contributed by atoms with Gasteiger partial charge in [0.05, 0.1) is 40.0 Å². The standard InChI is InChI=1S/C10H22NO2.HI/c1-8-9(2)13-10(7-12-8)6-11(3,4)5;/h8-10H,6-7H2,1-5H3;1H/q+1;/p-1/t8-,9-,10+;/m0./s1. The second kappa shape index (κ2) is 5.63. The molecule has 0 N–H and O–H groups in total. The van der Waals surface area contributed by atoms with E-state index < -0.39 is 0 Å². The molecule has 1 aliphatic heterocycles. The molecule has 0 radical (unpaired) electrons. The van der Waals surface area contributed by atoms with Crippen molar-refractivity contribution < 1.29 is 37.9 Å². The van der Waals surface area contributed by atoms with Crippen molar-refractivity contribution in [3.05, 3.63) is 0 Å². The predicted molar refractivity (Wildman–Crippen MR) is 52.6 cm³/mol. The van der Waals surface area contributed by atoms with Gasteiger partial charge >= 0.3 is 0 Å². The molecular formula is C10H22INO2. The minimum atomic E-state index is 0. The monoisotopic (exact) mass is 315 g/mol. The summed E-state index contributed by atoms with van der Waals surface area (Å²) in [7, 11) is 6.52. The van der Waals surface area contributed by atoms with Crippen molar-refractivity contribution in [3.8, 4) is 0 Å². The highest BCUT2D eigenvalue weighted by Gasteiger charge is 2.29. The molecule has 0 bridgehead atoms. The molecule has 14 heavy (non-hydrogen) atoms. The van der Waals surface area contributed by atoms with E-state index in [1.807, 2.05) is 0 Å². The Hall–Kier alpha value is 0.610. The number of quaternary nitrogens is 1. The minimum Gasteiger partial charge on any atom is -1.00 e. The molecule has 0 saturated carbocycles. The Morgan fingerprint density at radius 3 is 2.14 bits per heavy atom. The van der Waals surface area contributed by atoms with E-state index >= 15 is 0 Å². The molecule has 0 amide bonds.